The summed E-state index contributed by atoms with van der Waals surface area (Å²) in [5.41, 5.74) is 0. The van der Waals surface area contributed by atoms with Crippen molar-refractivity contribution in [3.05, 3.63) is 24.1 Å². The molecule has 0 saturated heterocycles. The smallest absolute Gasteiger partial charge is 0.135 e. The molecule has 0 radical (unpaired) electrons. The van der Waals surface area contributed by atoms with Crippen LogP contribution in [0, 0.1) is 0 Å². The molecule has 0 unspecified atom stereocenters. The van der Waals surface area contributed by atoms with E-state index in [4.69, 9.17) is 4.74 Å². The van der Waals surface area contributed by atoms with Crippen molar-refractivity contribution in [2.24, 2.45) is 4.99 Å². The van der Waals surface area contributed by atoms with Crippen molar-refractivity contribution >= 4 is 5.84 Å². The quantitative estimate of drug-likeness (QED) is 0.580. The zero-order chi connectivity index (χ0) is 8.55. The summed E-state index contributed by atoms with van der Waals surface area (Å²) in [5.74, 6) is 1.94. The van der Waals surface area contributed by atoms with Gasteiger partial charge in [0, 0.05) is 12.7 Å². The first kappa shape index (κ1) is 7.40. The number of nitrogens with zero attached hydrogens (tertiary/aromatic N) is 2. The van der Waals surface area contributed by atoms with Crippen LogP contribution in [0.4, 0.5) is 0 Å². The predicted octanol–water partition coefficient (Wildman–Crippen LogP) is 1.15. The topological polar surface area (TPSA) is 24.8 Å². The number of fused-ring (bicyclic) bond motifs is 1. The summed E-state index contributed by atoms with van der Waals surface area (Å²) in [4.78, 5) is 6.55. The third kappa shape index (κ3) is 1.11. The highest BCUT2D eigenvalue weighted by Crippen LogP contribution is 2.16. The van der Waals surface area contributed by atoms with Crippen molar-refractivity contribution in [1.82, 2.24) is 4.90 Å². The molecule has 0 amide bonds. The SMILES string of the molecule is COC1=CN2C[C@@H](C)N=C2C=C1. The molecular formula is C9H12N2O. The van der Waals surface area contributed by atoms with Crippen molar-refractivity contribution < 1.29 is 4.74 Å². The van der Waals surface area contributed by atoms with Crippen molar-refractivity contribution in [2.75, 3.05) is 13.7 Å². The highest BCUT2D eigenvalue weighted by Gasteiger charge is 2.21. The Kier molecular flexibility index (Phi) is 1.64. The third-order valence-corrected chi connectivity index (χ3v) is 2.02. The van der Waals surface area contributed by atoms with E-state index in [1.807, 2.05) is 18.4 Å². The van der Waals surface area contributed by atoms with Gasteiger partial charge in [-0.2, -0.15) is 0 Å². The average molecular weight is 164 g/mol. The molecule has 3 nitrogen and oxygen atoms in total. The molecule has 0 bridgehead atoms. The lowest BCUT2D eigenvalue weighted by Crippen LogP contribution is -2.24. The van der Waals surface area contributed by atoms with Gasteiger partial charge in [0.25, 0.3) is 0 Å². The second-order valence-electron chi connectivity index (χ2n) is 3.06. The highest BCUT2D eigenvalue weighted by atomic mass is 16.5. The first-order valence-electron chi connectivity index (χ1n) is 4.08. The van der Waals surface area contributed by atoms with Crippen LogP contribution in [0.15, 0.2) is 29.1 Å². The number of allylic oxidation sites excluding steroid dienone is 1. The van der Waals surface area contributed by atoms with Crippen LogP contribution in [0.25, 0.3) is 0 Å². The Bertz CT molecular complexity index is 278. The number of amidine groups is 1. The number of rotatable bonds is 1. The van der Waals surface area contributed by atoms with Gasteiger partial charge >= 0.3 is 0 Å². The maximum absolute atomic E-state index is 5.11. The molecule has 0 aromatic heterocycles. The van der Waals surface area contributed by atoms with Crippen molar-refractivity contribution in [2.45, 2.75) is 13.0 Å². The Balaban J connectivity index is 2.22. The van der Waals surface area contributed by atoms with E-state index in [1.54, 1.807) is 7.11 Å². The van der Waals surface area contributed by atoms with Crippen LogP contribution in [0.1, 0.15) is 6.92 Å². The van der Waals surface area contributed by atoms with Gasteiger partial charge in [-0.3, -0.25) is 4.99 Å². The first-order valence-corrected chi connectivity index (χ1v) is 4.08. The first-order chi connectivity index (χ1) is 5.79. The summed E-state index contributed by atoms with van der Waals surface area (Å²) in [7, 11) is 1.68. The number of hydrogen-bond donors (Lipinski definition) is 0. The van der Waals surface area contributed by atoms with Crippen molar-refractivity contribution in [1.29, 1.82) is 0 Å². The van der Waals surface area contributed by atoms with Crippen LogP contribution < -0.4 is 0 Å². The predicted molar refractivity (Wildman–Crippen MR) is 47.8 cm³/mol. The third-order valence-electron chi connectivity index (χ3n) is 2.02. The monoisotopic (exact) mass is 164 g/mol. The zero-order valence-corrected chi connectivity index (χ0v) is 7.32. The van der Waals surface area contributed by atoms with Gasteiger partial charge in [-0.05, 0) is 19.1 Å². The number of methoxy groups -OCH3 is 1. The maximum atomic E-state index is 5.11. The zero-order valence-electron chi connectivity index (χ0n) is 7.32. The molecule has 64 valence electrons. The minimum Gasteiger partial charge on any atom is -0.495 e. The summed E-state index contributed by atoms with van der Waals surface area (Å²) in [6.45, 7) is 3.08. The molecule has 0 fully saturated rings. The Labute approximate surface area is 72.0 Å². The van der Waals surface area contributed by atoms with Crippen LogP contribution >= 0.6 is 0 Å². The Morgan fingerprint density at radius 3 is 3.17 bits per heavy atom. The van der Waals surface area contributed by atoms with Crippen LogP contribution in [-0.4, -0.2) is 30.4 Å². The lowest BCUT2D eigenvalue weighted by molar-refractivity contribution is 0.297. The minimum atomic E-state index is 0.400. The molecule has 2 rings (SSSR count). The summed E-state index contributed by atoms with van der Waals surface area (Å²) in [6, 6.07) is 0.400. The van der Waals surface area contributed by atoms with Gasteiger partial charge in [0.05, 0.1) is 13.2 Å². The second-order valence-corrected chi connectivity index (χ2v) is 3.06. The molecule has 12 heavy (non-hydrogen) atoms. The maximum Gasteiger partial charge on any atom is 0.135 e. The van der Waals surface area contributed by atoms with E-state index in [-0.39, 0.29) is 0 Å². The molecule has 0 aliphatic carbocycles. The van der Waals surface area contributed by atoms with Gasteiger partial charge in [-0.1, -0.05) is 0 Å². The van der Waals surface area contributed by atoms with E-state index in [0.717, 1.165) is 18.1 Å². The number of hydrogen-bond acceptors (Lipinski definition) is 3. The van der Waals surface area contributed by atoms with Gasteiger partial charge in [0.15, 0.2) is 0 Å². The van der Waals surface area contributed by atoms with Crippen LogP contribution in [0.3, 0.4) is 0 Å². The molecule has 2 aliphatic heterocycles. The van der Waals surface area contributed by atoms with E-state index in [0.29, 0.717) is 6.04 Å². The van der Waals surface area contributed by atoms with Gasteiger partial charge < -0.3 is 9.64 Å². The summed E-state index contributed by atoms with van der Waals surface area (Å²) < 4.78 is 5.11. The minimum absolute atomic E-state index is 0.400. The molecule has 0 aromatic rings. The molecule has 0 N–H and O–H groups in total. The normalized spacial score (nSPS) is 26.5. The van der Waals surface area contributed by atoms with E-state index in [1.165, 1.54) is 0 Å². The van der Waals surface area contributed by atoms with Crippen molar-refractivity contribution in [3.8, 4) is 0 Å². The lowest BCUT2D eigenvalue weighted by atomic mass is 10.3. The van der Waals surface area contributed by atoms with E-state index >= 15 is 0 Å². The second kappa shape index (κ2) is 2.66. The number of ether oxygens (including phenoxy) is 1. The molecule has 2 heterocycles. The van der Waals surface area contributed by atoms with Crippen molar-refractivity contribution in [3.63, 3.8) is 0 Å². The summed E-state index contributed by atoms with van der Waals surface area (Å²) in [5, 5.41) is 0. The van der Waals surface area contributed by atoms with Crippen LogP contribution in [0.5, 0.6) is 0 Å². The van der Waals surface area contributed by atoms with E-state index < -0.39 is 0 Å². The highest BCUT2D eigenvalue weighted by molar-refractivity contribution is 5.96. The van der Waals surface area contributed by atoms with Gasteiger partial charge in [-0.25, -0.2) is 0 Å². The van der Waals surface area contributed by atoms with Crippen LogP contribution in [-0.2, 0) is 4.74 Å². The van der Waals surface area contributed by atoms with Gasteiger partial charge in [-0.15, -0.1) is 0 Å². The van der Waals surface area contributed by atoms with Gasteiger partial charge in [0.2, 0.25) is 0 Å². The summed E-state index contributed by atoms with van der Waals surface area (Å²) >= 11 is 0. The average Bonchev–Trinajstić information content (AvgIpc) is 2.43. The molecule has 0 spiro atoms. The fraction of sp³-hybridized carbons (Fsp3) is 0.444. The fourth-order valence-electron chi connectivity index (χ4n) is 1.45. The largest absolute Gasteiger partial charge is 0.495 e. The van der Waals surface area contributed by atoms with E-state index in [9.17, 15) is 0 Å². The molecular weight excluding hydrogens is 152 g/mol. The molecule has 1 atom stereocenters. The Hall–Kier alpha value is -1.25. The standard InChI is InChI=1S/C9H12N2O/c1-7-5-11-6-8(12-2)3-4-9(11)10-7/h3-4,6-7H,5H2,1-2H3/t7-/m1/s1. The molecule has 0 saturated carbocycles. The Morgan fingerprint density at radius 2 is 2.42 bits per heavy atom. The lowest BCUT2D eigenvalue weighted by Gasteiger charge is -2.18. The molecule has 2 aliphatic rings. The van der Waals surface area contributed by atoms with Gasteiger partial charge in [0.1, 0.15) is 11.6 Å². The molecule has 0 aromatic carbocycles. The fourth-order valence-corrected chi connectivity index (χ4v) is 1.45. The van der Waals surface area contributed by atoms with Crippen LogP contribution in [0.2, 0.25) is 0 Å². The van der Waals surface area contributed by atoms with E-state index in [2.05, 4.69) is 16.8 Å². The molecule has 3 heteroatoms. The number of aliphatic imine (C=N–C) groups is 1. The Morgan fingerprint density at radius 1 is 1.58 bits per heavy atom. The summed E-state index contributed by atoms with van der Waals surface area (Å²) in [6.07, 6.45) is 5.91.